The van der Waals surface area contributed by atoms with Gasteiger partial charge in [0.05, 0.1) is 0 Å². The molecule has 2 aromatic carbocycles. The molecule has 2 amide bonds. The Balaban J connectivity index is 1.72. The fraction of sp³-hybridized carbons (Fsp3) is 0.583. The second-order valence-corrected chi connectivity index (χ2v) is 11.5. The fourth-order valence-electron chi connectivity index (χ4n) is 6.06. The van der Waals surface area contributed by atoms with Crippen LogP contribution in [0.4, 0.5) is 10.5 Å². The van der Waals surface area contributed by atoms with Crippen molar-refractivity contribution in [2.45, 2.75) is 112 Å². The second kappa shape index (κ2) is 16.5. The van der Waals surface area contributed by atoms with Crippen LogP contribution in [-0.2, 0) is 32.2 Å². The predicted octanol–water partition coefficient (Wildman–Crippen LogP) is 8.94. The highest BCUT2D eigenvalue weighted by Gasteiger charge is 2.27. The van der Waals surface area contributed by atoms with Crippen molar-refractivity contribution in [3.05, 3.63) is 76.5 Å². The van der Waals surface area contributed by atoms with E-state index < -0.39 is 0 Å². The van der Waals surface area contributed by atoms with Gasteiger partial charge in [0.1, 0.15) is 0 Å². The highest BCUT2D eigenvalue weighted by molar-refractivity contribution is 5.92. The molecule has 1 aliphatic heterocycles. The normalized spacial score (nSPS) is 13.7. The number of rotatable bonds is 17. The Hall–Kier alpha value is -2.75. The van der Waals surface area contributed by atoms with Gasteiger partial charge in [-0.2, -0.15) is 0 Å². The van der Waals surface area contributed by atoms with E-state index in [1.807, 2.05) is 4.90 Å². The average Bonchev–Trinajstić information content (AvgIpc) is 2.96. The molecule has 0 radical (unpaired) electrons. The highest BCUT2D eigenvalue weighted by Crippen LogP contribution is 2.27. The maximum absolute atomic E-state index is 13.7. The molecule has 2 aromatic rings. The third-order valence-electron chi connectivity index (χ3n) is 8.35. The molecule has 1 aliphatic rings. The van der Waals surface area contributed by atoms with Gasteiger partial charge < -0.3 is 9.80 Å². The van der Waals surface area contributed by atoms with Crippen LogP contribution in [0.25, 0.3) is 0 Å². The summed E-state index contributed by atoms with van der Waals surface area (Å²) >= 11 is 0. The first-order valence-corrected chi connectivity index (χ1v) is 16.2. The third kappa shape index (κ3) is 8.62. The van der Waals surface area contributed by atoms with Gasteiger partial charge in [-0.15, -0.1) is 0 Å². The van der Waals surface area contributed by atoms with E-state index in [2.05, 4.69) is 87.4 Å². The number of allylic oxidation sites excluding steroid dienone is 1. The van der Waals surface area contributed by atoms with Crippen molar-refractivity contribution in [2.75, 3.05) is 31.1 Å². The molecule has 0 N–H and O–H groups in total. The van der Waals surface area contributed by atoms with Crippen molar-refractivity contribution in [1.29, 1.82) is 0 Å². The van der Waals surface area contributed by atoms with E-state index in [0.29, 0.717) is 6.54 Å². The molecule has 0 bridgehead atoms. The average molecular weight is 546 g/mol. The minimum Gasteiger partial charge on any atom is -0.375 e. The predicted molar refractivity (Wildman–Crippen MR) is 172 cm³/mol. The molecule has 4 nitrogen and oxygen atoms in total. The van der Waals surface area contributed by atoms with Crippen LogP contribution in [0.1, 0.15) is 107 Å². The molecule has 0 saturated carbocycles. The number of hydrogen-bond acceptors (Lipinski definition) is 2. The lowest BCUT2D eigenvalue weighted by Crippen LogP contribution is -2.49. The van der Waals surface area contributed by atoms with Gasteiger partial charge in [-0.05, 0) is 84.9 Å². The van der Waals surface area contributed by atoms with E-state index >= 15 is 0 Å². The molecule has 0 spiro atoms. The first-order valence-electron chi connectivity index (χ1n) is 16.2. The fourth-order valence-corrected chi connectivity index (χ4v) is 6.06. The number of aryl methyl sites for hydroxylation is 3. The van der Waals surface area contributed by atoms with Gasteiger partial charge >= 0.3 is 6.03 Å². The summed E-state index contributed by atoms with van der Waals surface area (Å²) in [5, 5.41) is 0. The standard InChI is InChI=1S/C36H55N3O/c1-7-12-13-14-16-33-27-35(20-19-31(33)10-4)39-24-15-23-38(36(39)40)28-34-18-17-30(26-32(34)11-5)25-29(6)37(21-8-2)22-9-3/h17-20,26-27H,6-16,21-25,28H2,1-5H3. The molecule has 0 unspecified atom stereocenters. The van der Waals surface area contributed by atoms with E-state index in [1.54, 1.807) is 0 Å². The molecule has 1 heterocycles. The number of unbranched alkanes of at least 4 members (excludes halogenated alkanes) is 3. The maximum Gasteiger partial charge on any atom is 0.324 e. The van der Waals surface area contributed by atoms with Crippen molar-refractivity contribution in [3.63, 3.8) is 0 Å². The molecule has 0 aliphatic carbocycles. The minimum absolute atomic E-state index is 0.140. The summed E-state index contributed by atoms with van der Waals surface area (Å²) in [6, 6.07) is 13.7. The van der Waals surface area contributed by atoms with E-state index in [0.717, 1.165) is 76.8 Å². The van der Waals surface area contributed by atoms with Crippen LogP contribution in [0.15, 0.2) is 48.7 Å². The first kappa shape index (κ1) is 31.8. The van der Waals surface area contributed by atoms with Gasteiger partial charge in [0.15, 0.2) is 0 Å². The summed E-state index contributed by atoms with van der Waals surface area (Å²) in [5.41, 5.74) is 9.03. The van der Waals surface area contributed by atoms with Gasteiger partial charge in [-0.1, -0.05) is 84.7 Å². The van der Waals surface area contributed by atoms with Gasteiger partial charge in [0.25, 0.3) is 0 Å². The quantitative estimate of drug-likeness (QED) is 0.186. The van der Waals surface area contributed by atoms with Crippen molar-refractivity contribution in [1.82, 2.24) is 9.80 Å². The maximum atomic E-state index is 13.7. The lowest BCUT2D eigenvalue weighted by molar-refractivity contribution is 0.192. The SMILES string of the molecule is C=C(Cc1ccc(CN2CCCN(c3ccc(CC)c(CCCCCC)c3)C2=O)c(CC)c1)N(CCC)CCC. The van der Waals surface area contributed by atoms with E-state index in [4.69, 9.17) is 0 Å². The number of amides is 2. The Bertz CT molecular complexity index is 1090. The molecule has 0 atom stereocenters. The number of anilines is 1. The van der Waals surface area contributed by atoms with Gasteiger partial charge in [0.2, 0.25) is 0 Å². The number of carbonyl (C=O) groups excluding carboxylic acids is 1. The van der Waals surface area contributed by atoms with Crippen LogP contribution in [0.5, 0.6) is 0 Å². The molecule has 0 aromatic heterocycles. The van der Waals surface area contributed by atoms with Crippen molar-refractivity contribution >= 4 is 11.7 Å². The van der Waals surface area contributed by atoms with E-state index in [-0.39, 0.29) is 6.03 Å². The lowest BCUT2D eigenvalue weighted by Gasteiger charge is -2.36. The first-order chi connectivity index (χ1) is 19.4. The number of carbonyl (C=O) groups is 1. The lowest BCUT2D eigenvalue weighted by atomic mass is 9.98. The van der Waals surface area contributed by atoms with Crippen molar-refractivity contribution in [3.8, 4) is 0 Å². The Labute approximate surface area is 245 Å². The van der Waals surface area contributed by atoms with Gasteiger partial charge in [-0.3, -0.25) is 4.90 Å². The minimum atomic E-state index is 0.140. The molecule has 1 fully saturated rings. The molecule has 4 heteroatoms. The Morgan fingerprint density at radius 3 is 2.20 bits per heavy atom. The van der Waals surface area contributed by atoms with Gasteiger partial charge in [-0.25, -0.2) is 4.79 Å². The zero-order valence-electron chi connectivity index (χ0n) is 26.2. The highest BCUT2D eigenvalue weighted by atomic mass is 16.2. The van der Waals surface area contributed by atoms with Crippen LogP contribution in [0.2, 0.25) is 0 Å². The van der Waals surface area contributed by atoms with Crippen molar-refractivity contribution < 1.29 is 4.79 Å². The van der Waals surface area contributed by atoms with Crippen LogP contribution < -0.4 is 4.90 Å². The van der Waals surface area contributed by atoms with Crippen LogP contribution in [-0.4, -0.2) is 42.0 Å². The summed E-state index contributed by atoms with van der Waals surface area (Å²) in [6.07, 6.45) is 12.3. The monoisotopic (exact) mass is 545 g/mol. The number of benzene rings is 2. The summed E-state index contributed by atoms with van der Waals surface area (Å²) < 4.78 is 0. The zero-order valence-corrected chi connectivity index (χ0v) is 26.2. The number of urea groups is 1. The van der Waals surface area contributed by atoms with Crippen molar-refractivity contribution in [2.24, 2.45) is 0 Å². The number of hydrogen-bond donors (Lipinski definition) is 0. The summed E-state index contributed by atoms with van der Waals surface area (Å²) in [4.78, 5) is 20.2. The van der Waals surface area contributed by atoms with Crippen LogP contribution >= 0.6 is 0 Å². The largest absolute Gasteiger partial charge is 0.375 e. The molecule has 40 heavy (non-hydrogen) atoms. The topological polar surface area (TPSA) is 26.8 Å². The van der Waals surface area contributed by atoms with E-state index in [1.165, 1.54) is 59.2 Å². The zero-order chi connectivity index (χ0) is 28.9. The summed E-state index contributed by atoms with van der Waals surface area (Å²) in [7, 11) is 0. The van der Waals surface area contributed by atoms with Gasteiger partial charge in [0, 0.05) is 50.5 Å². The second-order valence-electron chi connectivity index (χ2n) is 11.5. The van der Waals surface area contributed by atoms with E-state index in [9.17, 15) is 4.79 Å². The molecule has 1 saturated heterocycles. The Kier molecular flexibility index (Phi) is 13.1. The summed E-state index contributed by atoms with van der Waals surface area (Å²) in [5.74, 6) is 0. The summed E-state index contributed by atoms with van der Waals surface area (Å²) in [6.45, 7) is 20.0. The third-order valence-corrected chi connectivity index (χ3v) is 8.35. The molecular formula is C36H55N3O. The Morgan fingerprint density at radius 2 is 1.52 bits per heavy atom. The Morgan fingerprint density at radius 1 is 0.800 bits per heavy atom. The van der Waals surface area contributed by atoms with Crippen LogP contribution in [0, 0.1) is 0 Å². The molecule has 220 valence electrons. The molecular weight excluding hydrogens is 490 g/mol. The smallest absolute Gasteiger partial charge is 0.324 e. The molecule has 3 rings (SSSR count). The number of nitrogens with zero attached hydrogens (tertiary/aromatic N) is 3. The van der Waals surface area contributed by atoms with Crippen LogP contribution in [0.3, 0.4) is 0 Å².